The number of hydrogen-bond donors (Lipinski definition) is 1. The van der Waals surface area contributed by atoms with Crippen LogP contribution in [0.2, 0.25) is 0 Å². The van der Waals surface area contributed by atoms with E-state index in [0.29, 0.717) is 11.7 Å². The van der Waals surface area contributed by atoms with Crippen molar-refractivity contribution in [2.75, 3.05) is 6.54 Å². The van der Waals surface area contributed by atoms with Gasteiger partial charge in [-0.1, -0.05) is 67.6 Å². The van der Waals surface area contributed by atoms with E-state index in [-0.39, 0.29) is 5.91 Å². The van der Waals surface area contributed by atoms with Crippen LogP contribution in [-0.2, 0) is 11.3 Å². The van der Waals surface area contributed by atoms with Crippen molar-refractivity contribution in [1.82, 2.24) is 10.2 Å². The first kappa shape index (κ1) is 17.9. The number of rotatable bonds is 6. The Labute approximate surface area is 149 Å². The van der Waals surface area contributed by atoms with Gasteiger partial charge in [0.1, 0.15) is 0 Å². The average molecular weight is 338 g/mol. The molecule has 2 rings (SSSR count). The summed E-state index contributed by atoms with van der Waals surface area (Å²) in [5.41, 5.74) is 2.15. The Bertz CT molecular complexity index is 683. The first-order chi connectivity index (χ1) is 11.7. The summed E-state index contributed by atoms with van der Waals surface area (Å²) in [4.78, 5) is 14.1. The summed E-state index contributed by atoms with van der Waals surface area (Å²) in [5.74, 6) is -0.210. The quantitative estimate of drug-likeness (QED) is 0.638. The van der Waals surface area contributed by atoms with Crippen molar-refractivity contribution in [3.05, 3.63) is 77.9 Å². The van der Waals surface area contributed by atoms with E-state index in [1.54, 1.807) is 6.08 Å². The number of carbonyl (C=O) groups excluding carboxylic acids is 1. The van der Waals surface area contributed by atoms with Gasteiger partial charge in [0.2, 0.25) is 5.91 Å². The lowest BCUT2D eigenvalue weighted by Gasteiger charge is -2.24. The molecule has 0 spiro atoms. The predicted molar refractivity (Wildman–Crippen MR) is 103 cm³/mol. The van der Waals surface area contributed by atoms with Crippen molar-refractivity contribution in [3.63, 3.8) is 0 Å². The molecule has 0 unspecified atom stereocenters. The number of benzene rings is 2. The number of amides is 1. The van der Waals surface area contributed by atoms with Crippen LogP contribution in [0.3, 0.4) is 0 Å². The van der Waals surface area contributed by atoms with Crippen molar-refractivity contribution >= 4 is 29.3 Å². The van der Waals surface area contributed by atoms with Crippen LogP contribution in [0.4, 0.5) is 0 Å². The number of nitrogens with zero attached hydrogens (tertiary/aromatic N) is 1. The lowest BCUT2D eigenvalue weighted by atomic mass is 10.2. The van der Waals surface area contributed by atoms with Crippen LogP contribution >= 0.6 is 12.2 Å². The van der Waals surface area contributed by atoms with Gasteiger partial charge in [-0.3, -0.25) is 10.1 Å². The highest BCUT2D eigenvalue weighted by Crippen LogP contribution is 2.06. The molecule has 3 nitrogen and oxygen atoms in total. The van der Waals surface area contributed by atoms with Crippen molar-refractivity contribution in [1.29, 1.82) is 0 Å². The summed E-state index contributed by atoms with van der Waals surface area (Å²) in [6, 6.07) is 19.8. The largest absolute Gasteiger partial charge is 0.345 e. The summed E-state index contributed by atoms with van der Waals surface area (Å²) in [5, 5.41) is 3.25. The van der Waals surface area contributed by atoms with E-state index >= 15 is 0 Å². The predicted octanol–water partition coefficient (Wildman–Crippen LogP) is 4.01. The second kappa shape index (κ2) is 9.63. The molecule has 0 aliphatic heterocycles. The van der Waals surface area contributed by atoms with Crippen LogP contribution in [-0.4, -0.2) is 22.5 Å². The molecule has 0 bridgehead atoms. The van der Waals surface area contributed by atoms with Crippen LogP contribution < -0.4 is 5.32 Å². The zero-order chi connectivity index (χ0) is 17.2. The van der Waals surface area contributed by atoms with E-state index in [0.717, 1.165) is 18.5 Å². The highest BCUT2D eigenvalue weighted by Gasteiger charge is 2.11. The Morgan fingerprint density at radius 2 is 1.71 bits per heavy atom. The van der Waals surface area contributed by atoms with Crippen molar-refractivity contribution in [2.24, 2.45) is 0 Å². The van der Waals surface area contributed by atoms with Crippen LogP contribution in [0, 0.1) is 0 Å². The summed E-state index contributed by atoms with van der Waals surface area (Å²) >= 11 is 5.41. The maximum Gasteiger partial charge on any atom is 0.250 e. The van der Waals surface area contributed by atoms with E-state index in [2.05, 4.69) is 24.4 Å². The average Bonchev–Trinajstić information content (AvgIpc) is 2.61. The van der Waals surface area contributed by atoms with Gasteiger partial charge in [-0.25, -0.2) is 0 Å². The molecule has 0 radical (unpaired) electrons. The molecule has 124 valence electrons. The van der Waals surface area contributed by atoms with Gasteiger partial charge in [0.05, 0.1) is 0 Å². The molecule has 0 aromatic heterocycles. The molecular formula is C20H22N2OS. The van der Waals surface area contributed by atoms with Crippen molar-refractivity contribution < 1.29 is 4.79 Å². The molecule has 1 N–H and O–H groups in total. The van der Waals surface area contributed by atoms with Crippen LogP contribution in [0.15, 0.2) is 66.7 Å². The molecule has 0 saturated carbocycles. The van der Waals surface area contributed by atoms with E-state index in [9.17, 15) is 4.79 Å². The third-order valence-electron chi connectivity index (χ3n) is 3.45. The molecule has 0 atom stereocenters. The Kier molecular flexibility index (Phi) is 7.18. The maximum absolute atomic E-state index is 12.1. The first-order valence-corrected chi connectivity index (χ1v) is 8.47. The molecular weight excluding hydrogens is 316 g/mol. The number of thiocarbonyl (C=S) groups is 1. The van der Waals surface area contributed by atoms with Crippen LogP contribution in [0.1, 0.15) is 24.5 Å². The summed E-state index contributed by atoms with van der Waals surface area (Å²) in [6.07, 6.45) is 4.25. The lowest BCUT2D eigenvalue weighted by molar-refractivity contribution is -0.115. The van der Waals surface area contributed by atoms with Crippen LogP contribution in [0.5, 0.6) is 0 Å². The van der Waals surface area contributed by atoms with Gasteiger partial charge in [0.15, 0.2) is 5.11 Å². The Morgan fingerprint density at radius 3 is 2.33 bits per heavy atom. The first-order valence-electron chi connectivity index (χ1n) is 8.06. The fourth-order valence-electron chi connectivity index (χ4n) is 2.29. The number of hydrogen-bond acceptors (Lipinski definition) is 2. The van der Waals surface area contributed by atoms with E-state index in [4.69, 9.17) is 12.2 Å². The minimum absolute atomic E-state index is 0.210. The topological polar surface area (TPSA) is 32.3 Å². The van der Waals surface area contributed by atoms with Gasteiger partial charge in [-0.05, 0) is 35.8 Å². The van der Waals surface area contributed by atoms with Gasteiger partial charge in [0.25, 0.3) is 0 Å². The van der Waals surface area contributed by atoms with Gasteiger partial charge < -0.3 is 4.90 Å². The van der Waals surface area contributed by atoms with E-state index in [1.807, 2.05) is 53.4 Å². The molecule has 0 aliphatic rings. The van der Waals surface area contributed by atoms with Gasteiger partial charge in [-0.2, -0.15) is 0 Å². The van der Waals surface area contributed by atoms with E-state index < -0.39 is 0 Å². The minimum Gasteiger partial charge on any atom is -0.345 e. The highest BCUT2D eigenvalue weighted by molar-refractivity contribution is 7.80. The third-order valence-corrected chi connectivity index (χ3v) is 3.81. The fraction of sp³-hybridized carbons (Fsp3) is 0.200. The molecule has 24 heavy (non-hydrogen) atoms. The molecule has 0 saturated heterocycles. The molecule has 0 heterocycles. The normalized spacial score (nSPS) is 10.5. The van der Waals surface area contributed by atoms with Crippen molar-refractivity contribution in [3.8, 4) is 0 Å². The monoisotopic (exact) mass is 338 g/mol. The van der Waals surface area contributed by atoms with E-state index in [1.165, 1.54) is 11.6 Å². The molecule has 2 aromatic rings. The molecule has 2 aromatic carbocycles. The second-order valence-corrected chi connectivity index (χ2v) is 5.83. The molecule has 1 amide bonds. The molecule has 4 heteroatoms. The standard InChI is InChI=1S/C20H22N2OS/c1-2-15-22(16-18-11-7-4-8-12-18)20(24)21-19(23)14-13-17-9-5-3-6-10-17/h3-14H,2,15-16H2,1H3,(H,21,23,24)/b14-13+. The summed E-state index contributed by atoms with van der Waals surface area (Å²) < 4.78 is 0. The Hall–Kier alpha value is -2.46. The highest BCUT2D eigenvalue weighted by atomic mass is 32.1. The second-order valence-electron chi connectivity index (χ2n) is 5.45. The third kappa shape index (κ3) is 5.97. The number of nitrogens with one attached hydrogen (secondary N) is 1. The Balaban J connectivity index is 1.94. The zero-order valence-electron chi connectivity index (χ0n) is 13.8. The van der Waals surface area contributed by atoms with Gasteiger partial charge in [0, 0.05) is 19.2 Å². The van der Waals surface area contributed by atoms with Crippen molar-refractivity contribution in [2.45, 2.75) is 19.9 Å². The maximum atomic E-state index is 12.1. The fourth-order valence-corrected chi connectivity index (χ4v) is 2.54. The SMILES string of the molecule is CCCN(Cc1ccccc1)C(=S)NC(=O)/C=C/c1ccccc1. The van der Waals surface area contributed by atoms with Gasteiger partial charge >= 0.3 is 0 Å². The van der Waals surface area contributed by atoms with Crippen LogP contribution in [0.25, 0.3) is 6.08 Å². The molecule has 0 aliphatic carbocycles. The number of carbonyl (C=O) groups is 1. The summed E-state index contributed by atoms with van der Waals surface area (Å²) in [6.45, 7) is 3.59. The zero-order valence-corrected chi connectivity index (χ0v) is 14.6. The summed E-state index contributed by atoms with van der Waals surface area (Å²) in [7, 11) is 0. The lowest BCUT2D eigenvalue weighted by Crippen LogP contribution is -2.42. The van der Waals surface area contributed by atoms with Gasteiger partial charge in [-0.15, -0.1) is 0 Å². The minimum atomic E-state index is -0.210. The molecule has 0 fully saturated rings. The smallest absolute Gasteiger partial charge is 0.250 e. The Morgan fingerprint density at radius 1 is 1.08 bits per heavy atom.